The summed E-state index contributed by atoms with van der Waals surface area (Å²) >= 11 is 12.4. The van der Waals surface area contributed by atoms with Crippen LogP contribution in [0.15, 0.2) is 53.1 Å². The van der Waals surface area contributed by atoms with Gasteiger partial charge < -0.3 is 18.9 Å². The number of benzene rings is 2. The summed E-state index contributed by atoms with van der Waals surface area (Å²) < 4.78 is 17.3. The second-order valence-corrected chi connectivity index (χ2v) is 8.81. The number of halogens is 2. The first-order chi connectivity index (χ1) is 16.6. The number of anilines is 1. The van der Waals surface area contributed by atoms with Crippen LogP contribution in [0.25, 0.3) is 11.1 Å². The van der Waals surface area contributed by atoms with E-state index in [9.17, 15) is 0 Å². The van der Waals surface area contributed by atoms with Gasteiger partial charge in [-0.1, -0.05) is 28.4 Å². The topological polar surface area (TPSA) is 84.4 Å². The van der Waals surface area contributed by atoms with Crippen LogP contribution in [0.3, 0.4) is 0 Å². The third-order valence-corrected chi connectivity index (χ3v) is 6.12. The molecule has 1 saturated heterocycles. The first kappa shape index (κ1) is 22.3. The zero-order valence-corrected chi connectivity index (χ0v) is 19.6. The number of aromatic nitrogens is 2. The Labute approximate surface area is 206 Å². The van der Waals surface area contributed by atoms with E-state index in [1.807, 2.05) is 18.2 Å². The van der Waals surface area contributed by atoms with Gasteiger partial charge >= 0.3 is 0 Å². The average molecular weight is 495 g/mol. The highest BCUT2D eigenvalue weighted by atomic mass is 35.5. The Morgan fingerprint density at radius 2 is 1.85 bits per heavy atom. The van der Waals surface area contributed by atoms with E-state index in [-0.39, 0.29) is 6.61 Å². The minimum atomic E-state index is 0.189. The molecule has 0 aliphatic carbocycles. The maximum atomic E-state index is 9.14. The Balaban J connectivity index is 1.30. The molecule has 0 atom stereocenters. The van der Waals surface area contributed by atoms with Gasteiger partial charge in [-0.15, -0.1) is 0 Å². The summed E-state index contributed by atoms with van der Waals surface area (Å²) in [5.74, 6) is 2.23. The van der Waals surface area contributed by atoms with Crippen LogP contribution < -0.4 is 14.4 Å². The Morgan fingerprint density at radius 1 is 1.00 bits per heavy atom. The summed E-state index contributed by atoms with van der Waals surface area (Å²) in [5, 5.41) is 14.9. The van der Waals surface area contributed by atoms with E-state index < -0.39 is 0 Å². The average Bonchev–Trinajstić information content (AvgIpc) is 3.27. The molecule has 0 saturated carbocycles. The zero-order chi connectivity index (χ0) is 23.5. The van der Waals surface area contributed by atoms with Crippen molar-refractivity contribution in [2.45, 2.75) is 25.9 Å². The monoisotopic (exact) mass is 494 g/mol. The molecule has 34 heavy (non-hydrogen) atoms. The fraction of sp³-hybridized carbons (Fsp3) is 0.240. The Bertz CT molecular complexity index is 1380. The van der Waals surface area contributed by atoms with Gasteiger partial charge in [0.1, 0.15) is 35.4 Å². The molecular weight excluding hydrogens is 475 g/mol. The first-order valence-electron chi connectivity index (χ1n) is 10.9. The van der Waals surface area contributed by atoms with Gasteiger partial charge in [0, 0.05) is 24.2 Å². The summed E-state index contributed by atoms with van der Waals surface area (Å²) in [6, 6.07) is 15.9. The number of hydrogen-bond acceptors (Lipinski definition) is 7. The summed E-state index contributed by atoms with van der Waals surface area (Å²) in [6.45, 7) is 2.21. The van der Waals surface area contributed by atoms with E-state index in [4.69, 9.17) is 42.5 Å². The van der Waals surface area contributed by atoms with Gasteiger partial charge in [0.05, 0.1) is 22.0 Å². The minimum absolute atomic E-state index is 0.189. The Morgan fingerprint density at radius 3 is 2.68 bits per heavy atom. The number of fused-ring (bicyclic) bond motifs is 1. The van der Waals surface area contributed by atoms with Crippen molar-refractivity contribution in [1.29, 1.82) is 5.26 Å². The fourth-order valence-corrected chi connectivity index (χ4v) is 4.27. The van der Waals surface area contributed by atoms with Gasteiger partial charge in [0.15, 0.2) is 0 Å². The molecule has 0 radical (unpaired) electrons. The maximum absolute atomic E-state index is 9.14. The normalized spacial score (nSPS) is 13.6. The molecule has 0 unspecified atom stereocenters. The molecule has 1 aliphatic rings. The van der Waals surface area contributed by atoms with Gasteiger partial charge in [-0.05, 0) is 61.7 Å². The SMILES string of the molecule is N#Cc1cc(Cl)cc(Oc2cc(OCc3noc4nc(N5CCCCC5)ccc34)ccc2Cl)c1. The molecule has 3 heterocycles. The lowest BCUT2D eigenvalue weighted by Crippen LogP contribution is -2.29. The van der Waals surface area contributed by atoms with Crippen molar-refractivity contribution in [3.05, 3.63) is 69.8 Å². The Hall–Kier alpha value is -3.47. The third-order valence-electron chi connectivity index (χ3n) is 5.59. The van der Waals surface area contributed by atoms with E-state index in [1.54, 1.807) is 36.4 Å². The second kappa shape index (κ2) is 9.80. The molecule has 172 valence electrons. The molecule has 1 aliphatic heterocycles. The fourth-order valence-electron chi connectivity index (χ4n) is 3.89. The lowest BCUT2D eigenvalue weighted by Gasteiger charge is -2.27. The molecule has 4 aromatic rings. The number of piperidine rings is 1. The smallest absolute Gasteiger partial charge is 0.260 e. The molecule has 7 nitrogen and oxygen atoms in total. The molecule has 0 amide bonds. The Kier molecular flexibility index (Phi) is 6.43. The van der Waals surface area contributed by atoms with Crippen molar-refractivity contribution in [1.82, 2.24) is 10.1 Å². The van der Waals surface area contributed by atoms with E-state index in [0.29, 0.717) is 44.3 Å². The van der Waals surface area contributed by atoms with Crippen LogP contribution in [-0.4, -0.2) is 23.2 Å². The van der Waals surface area contributed by atoms with Crippen molar-refractivity contribution in [2.75, 3.05) is 18.0 Å². The van der Waals surface area contributed by atoms with Gasteiger partial charge in [-0.3, -0.25) is 0 Å². The largest absolute Gasteiger partial charge is 0.487 e. The molecule has 0 N–H and O–H groups in total. The van der Waals surface area contributed by atoms with Crippen LogP contribution in [0.1, 0.15) is 30.5 Å². The molecule has 2 aromatic carbocycles. The van der Waals surface area contributed by atoms with Crippen LogP contribution in [0.5, 0.6) is 17.2 Å². The standard InChI is InChI=1S/C25H20Cl2N4O3/c26-17-10-16(14-28)11-19(12-17)33-23-13-18(4-6-21(23)27)32-15-22-20-5-7-24(29-25(20)34-30-22)31-8-2-1-3-9-31/h4-7,10-13H,1-3,8-9,15H2. The highest BCUT2D eigenvalue weighted by Crippen LogP contribution is 2.34. The number of ether oxygens (including phenoxy) is 2. The number of nitrogens with zero attached hydrogens (tertiary/aromatic N) is 4. The molecule has 1 fully saturated rings. The van der Waals surface area contributed by atoms with Gasteiger partial charge in [-0.2, -0.15) is 10.2 Å². The van der Waals surface area contributed by atoms with Crippen LogP contribution in [0.4, 0.5) is 5.82 Å². The summed E-state index contributed by atoms with van der Waals surface area (Å²) in [7, 11) is 0. The van der Waals surface area contributed by atoms with Crippen molar-refractivity contribution < 1.29 is 14.0 Å². The molecule has 0 spiro atoms. The maximum Gasteiger partial charge on any atom is 0.260 e. The lowest BCUT2D eigenvalue weighted by atomic mass is 10.1. The van der Waals surface area contributed by atoms with Crippen molar-refractivity contribution in [3.63, 3.8) is 0 Å². The number of hydrogen-bond donors (Lipinski definition) is 0. The summed E-state index contributed by atoms with van der Waals surface area (Å²) in [6.07, 6.45) is 3.62. The third kappa shape index (κ3) is 4.89. The molecule has 5 rings (SSSR count). The molecule has 9 heteroatoms. The first-order valence-corrected chi connectivity index (χ1v) is 11.7. The van der Waals surface area contributed by atoms with Crippen molar-refractivity contribution >= 4 is 40.1 Å². The predicted octanol–water partition coefficient (Wildman–Crippen LogP) is 6.76. The van der Waals surface area contributed by atoms with Crippen LogP contribution in [0.2, 0.25) is 10.0 Å². The van der Waals surface area contributed by atoms with Crippen LogP contribution in [-0.2, 0) is 6.61 Å². The number of pyridine rings is 1. The van der Waals surface area contributed by atoms with Gasteiger partial charge in [0.2, 0.25) is 0 Å². The van der Waals surface area contributed by atoms with E-state index in [2.05, 4.69) is 15.0 Å². The van der Waals surface area contributed by atoms with Crippen molar-refractivity contribution in [3.8, 4) is 23.3 Å². The quantitative estimate of drug-likeness (QED) is 0.292. The minimum Gasteiger partial charge on any atom is -0.487 e. The lowest BCUT2D eigenvalue weighted by molar-refractivity contribution is 0.290. The zero-order valence-electron chi connectivity index (χ0n) is 18.1. The summed E-state index contributed by atoms with van der Waals surface area (Å²) in [5.41, 5.74) is 1.54. The van der Waals surface area contributed by atoms with E-state index in [0.717, 1.165) is 24.3 Å². The molecule has 0 bridgehead atoms. The van der Waals surface area contributed by atoms with Crippen LogP contribution >= 0.6 is 23.2 Å². The molecular formula is C25H20Cl2N4O3. The summed E-state index contributed by atoms with van der Waals surface area (Å²) in [4.78, 5) is 6.91. The number of nitriles is 1. The second-order valence-electron chi connectivity index (χ2n) is 7.97. The van der Waals surface area contributed by atoms with E-state index >= 15 is 0 Å². The van der Waals surface area contributed by atoms with Crippen molar-refractivity contribution in [2.24, 2.45) is 0 Å². The highest BCUT2D eigenvalue weighted by molar-refractivity contribution is 6.32. The van der Waals surface area contributed by atoms with Gasteiger partial charge in [0.25, 0.3) is 5.71 Å². The number of rotatable bonds is 6. The van der Waals surface area contributed by atoms with Gasteiger partial charge in [-0.25, -0.2) is 0 Å². The molecule has 2 aromatic heterocycles. The van der Waals surface area contributed by atoms with E-state index in [1.165, 1.54) is 19.3 Å². The van der Waals surface area contributed by atoms with Crippen LogP contribution in [0, 0.1) is 11.3 Å². The highest BCUT2D eigenvalue weighted by Gasteiger charge is 2.16. The predicted molar refractivity (Wildman–Crippen MR) is 130 cm³/mol.